The normalized spacial score (nSPS) is 12.9. The van der Waals surface area contributed by atoms with Crippen LogP contribution >= 0.6 is 0 Å². The highest BCUT2D eigenvalue weighted by Gasteiger charge is 2.13. The van der Waals surface area contributed by atoms with E-state index in [1.807, 2.05) is 19.2 Å². The molecule has 0 saturated carbocycles. The van der Waals surface area contributed by atoms with Crippen molar-refractivity contribution >= 4 is 16.9 Å². The number of hydrogen-bond donors (Lipinski definition) is 1. The van der Waals surface area contributed by atoms with Crippen molar-refractivity contribution in [3.63, 3.8) is 0 Å². The predicted octanol–water partition coefficient (Wildman–Crippen LogP) is 1.83. The molecule has 3 heterocycles. The molecule has 0 unspecified atom stereocenters. The van der Waals surface area contributed by atoms with Gasteiger partial charge in [0.15, 0.2) is 0 Å². The lowest BCUT2D eigenvalue weighted by Crippen LogP contribution is -2.23. The van der Waals surface area contributed by atoms with Gasteiger partial charge in [-0.2, -0.15) is 5.10 Å². The first-order chi connectivity index (χ1) is 11.2. The summed E-state index contributed by atoms with van der Waals surface area (Å²) in [6.45, 7) is 1.22. The Morgan fingerprint density at radius 2 is 2.26 bits per heavy atom. The van der Waals surface area contributed by atoms with Gasteiger partial charge in [-0.3, -0.25) is 14.5 Å². The topological polar surface area (TPSA) is 69.0 Å². The Bertz CT molecular complexity index is 901. The zero-order chi connectivity index (χ0) is 15.8. The quantitative estimate of drug-likeness (QED) is 0.801. The van der Waals surface area contributed by atoms with Crippen molar-refractivity contribution in [1.82, 2.24) is 20.1 Å². The van der Waals surface area contributed by atoms with Gasteiger partial charge in [-0.25, -0.2) is 0 Å². The average Bonchev–Trinajstić information content (AvgIpc) is 3.18. The lowest BCUT2D eigenvalue weighted by Gasteiger charge is -2.07. The summed E-state index contributed by atoms with van der Waals surface area (Å²) in [5.74, 6) is 0.809. The van der Waals surface area contributed by atoms with E-state index >= 15 is 0 Å². The van der Waals surface area contributed by atoms with Crippen molar-refractivity contribution in [2.24, 2.45) is 7.05 Å². The molecule has 116 valence electrons. The average molecular weight is 308 g/mol. The summed E-state index contributed by atoms with van der Waals surface area (Å²) in [5, 5.41) is 7.07. The zero-order valence-electron chi connectivity index (χ0n) is 12.7. The molecule has 0 radical (unpaired) electrons. The Kier molecular flexibility index (Phi) is 3.22. The molecule has 23 heavy (non-hydrogen) atoms. The van der Waals surface area contributed by atoms with Gasteiger partial charge in [0.25, 0.3) is 5.91 Å². The monoisotopic (exact) mass is 308 g/mol. The summed E-state index contributed by atoms with van der Waals surface area (Å²) >= 11 is 0. The number of pyridine rings is 1. The number of carbonyl (C=O) groups excluding carboxylic acids is 1. The molecule has 1 amide bonds. The van der Waals surface area contributed by atoms with Crippen LogP contribution in [0, 0.1) is 0 Å². The molecule has 1 N–H and O–H groups in total. The molecule has 6 heteroatoms. The van der Waals surface area contributed by atoms with E-state index in [0.29, 0.717) is 12.1 Å². The van der Waals surface area contributed by atoms with E-state index in [1.165, 1.54) is 5.56 Å². The van der Waals surface area contributed by atoms with Gasteiger partial charge in [-0.1, -0.05) is 12.1 Å². The fourth-order valence-electron chi connectivity index (χ4n) is 2.78. The second kappa shape index (κ2) is 5.39. The van der Waals surface area contributed by atoms with Crippen molar-refractivity contribution in [2.45, 2.75) is 13.0 Å². The molecule has 0 spiro atoms. The van der Waals surface area contributed by atoms with E-state index in [-0.39, 0.29) is 5.91 Å². The molecular weight excluding hydrogens is 292 g/mol. The molecule has 0 aliphatic carbocycles. The van der Waals surface area contributed by atoms with Crippen LogP contribution in [0.4, 0.5) is 0 Å². The number of nitrogens with one attached hydrogen (secondary N) is 1. The Labute approximate surface area is 133 Å². The zero-order valence-corrected chi connectivity index (χ0v) is 12.7. The van der Waals surface area contributed by atoms with Gasteiger partial charge in [0, 0.05) is 26.2 Å². The van der Waals surface area contributed by atoms with Crippen molar-refractivity contribution in [2.75, 3.05) is 6.61 Å². The van der Waals surface area contributed by atoms with Gasteiger partial charge in [-0.05, 0) is 23.3 Å². The Hall–Kier alpha value is -2.89. The highest BCUT2D eigenvalue weighted by Crippen LogP contribution is 2.25. The number of nitrogens with zero attached hydrogens (tertiary/aromatic N) is 3. The van der Waals surface area contributed by atoms with Crippen LogP contribution in [0.1, 0.15) is 21.5 Å². The smallest absolute Gasteiger partial charge is 0.253 e. The highest BCUT2D eigenvalue weighted by molar-refractivity contribution is 5.96. The van der Waals surface area contributed by atoms with Gasteiger partial charge in [-0.15, -0.1) is 0 Å². The van der Waals surface area contributed by atoms with Gasteiger partial charge in [0.1, 0.15) is 11.3 Å². The van der Waals surface area contributed by atoms with Crippen LogP contribution in [-0.2, 0) is 20.0 Å². The first kappa shape index (κ1) is 13.8. The number of benzene rings is 1. The highest BCUT2D eigenvalue weighted by atomic mass is 16.5. The minimum atomic E-state index is -0.141. The van der Waals surface area contributed by atoms with Gasteiger partial charge in [0.05, 0.1) is 23.9 Å². The SMILES string of the molecule is Cn1ncc2ncc(C(=O)NCc3ccc4c(c3)CCO4)cc21. The van der Waals surface area contributed by atoms with Crippen LogP contribution in [0.15, 0.2) is 36.7 Å². The molecule has 0 fully saturated rings. The van der Waals surface area contributed by atoms with E-state index in [1.54, 1.807) is 23.1 Å². The van der Waals surface area contributed by atoms with Crippen molar-refractivity contribution in [1.29, 1.82) is 0 Å². The number of rotatable bonds is 3. The second-order valence-corrected chi connectivity index (χ2v) is 5.62. The fraction of sp³-hybridized carbons (Fsp3) is 0.235. The molecular formula is C17H16N4O2. The van der Waals surface area contributed by atoms with E-state index in [4.69, 9.17) is 4.74 Å². The number of hydrogen-bond acceptors (Lipinski definition) is 4. The molecule has 4 rings (SSSR count). The molecule has 0 atom stereocenters. The fourth-order valence-corrected chi connectivity index (χ4v) is 2.78. The molecule has 1 aromatic carbocycles. The maximum atomic E-state index is 12.3. The van der Waals surface area contributed by atoms with E-state index in [9.17, 15) is 4.79 Å². The third-order valence-corrected chi connectivity index (χ3v) is 4.07. The van der Waals surface area contributed by atoms with Crippen LogP contribution in [0.25, 0.3) is 11.0 Å². The summed E-state index contributed by atoms with van der Waals surface area (Å²) in [5.41, 5.74) is 4.42. The summed E-state index contributed by atoms with van der Waals surface area (Å²) in [7, 11) is 1.83. The van der Waals surface area contributed by atoms with Crippen LogP contribution in [-0.4, -0.2) is 27.3 Å². The standard InChI is InChI=1S/C17H16N4O2/c1-21-15-7-13(9-18-14(15)10-20-21)17(22)19-8-11-2-3-16-12(6-11)4-5-23-16/h2-3,6-7,9-10H,4-5,8H2,1H3,(H,19,22). The lowest BCUT2D eigenvalue weighted by molar-refractivity contribution is 0.0950. The number of fused-ring (bicyclic) bond motifs is 2. The Morgan fingerprint density at radius 1 is 1.35 bits per heavy atom. The summed E-state index contributed by atoms with van der Waals surface area (Å²) in [4.78, 5) is 16.6. The van der Waals surface area contributed by atoms with Crippen LogP contribution < -0.4 is 10.1 Å². The summed E-state index contributed by atoms with van der Waals surface area (Å²) < 4.78 is 7.20. The maximum absolute atomic E-state index is 12.3. The largest absolute Gasteiger partial charge is 0.493 e. The van der Waals surface area contributed by atoms with Gasteiger partial charge in [0.2, 0.25) is 0 Å². The second-order valence-electron chi connectivity index (χ2n) is 5.62. The third-order valence-electron chi connectivity index (χ3n) is 4.07. The number of amides is 1. The van der Waals surface area contributed by atoms with Crippen LogP contribution in [0.5, 0.6) is 5.75 Å². The van der Waals surface area contributed by atoms with Crippen LogP contribution in [0.3, 0.4) is 0 Å². The Balaban J connectivity index is 1.49. The summed E-state index contributed by atoms with van der Waals surface area (Å²) in [6, 6.07) is 7.84. The molecule has 1 aliphatic heterocycles. The van der Waals surface area contributed by atoms with E-state index in [2.05, 4.69) is 21.5 Å². The number of ether oxygens (including phenoxy) is 1. The Morgan fingerprint density at radius 3 is 3.17 bits per heavy atom. The van der Waals surface area contributed by atoms with E-state index < -0.39 is 0 Å². The molecule has 1 aliphatic rings. The lowest BCUT2D eigenvalue weighted by atomic mass is 10.1. The minimum Gasteiger partial charge on any atom is -0.493 e. The maximum Gasteiger partial charge on any atom is 0.253 e. The predicted molar refractivity (Wildman–Crippen MR) is 85.3 cm³/mol. The first-order valence-electron chi connectivity index (χ1n) is 7.51. The van der Waals surface area contributed by atoms with E-state index in [0.717, 1.165) is 35.4 Å². The van der Waals surface area contributed by atoms with Crippen molar-refractivity contribution in [3.8, 4) is 5.75 Å². The molecule has 2 aromatic heterocycles. The van der Waals surface area contributed by atoms with Gasteiger partial charge >= 0.3 is 0 Å². The summed E-state index contributed by atoms with van der Waals surface area (Å²) in [6.07, 6.45) is 4.19. The molecule has 0 bridgehead atoms. The van der Waals surface area contributed by atoms with Gasteiger partial charge < -0.3 is 10.1 Å². The van der Waals surface area contributed by atoms with Crippen LogP contribution in [0.2, 0.25) is 0 Å². The number of aromatic nitrogens is 3. The number of aryl methyl sites for hydroxylation is 1. The third kappa shape index (κ3) is 2.52. The molecule has 6 nitrogen and oxygen atoms in total. The number of carbonyl (C=O) groups is 1. The minimum absolute atomic E-state index is 0.141. The molecule has 3 aromatic rings. The van der Waals surface area contributed by atoms with Crippen molar-refractivity contribution < 1.29 is 9.53 Å². The first-order valence-corrected chi connectivity index (χ1v) is 7.51. The van der Waals surface area contributed by atoms with Crippen molar-refractivity contribution in [3.05, 3.63) is 53.3 Å². The molecule has 0 saturated heterocycles.